The first-order chi connectivity index (χ1) is 20.0. The molecule has 0 bridgehead atoms. The number of carbonyl (C=O) groups is 2. The number of amides is 1. The molecule has 1 fully saturated rings. The molecule has 9 heteroatoms. The van der Waals surface area contributed by atoms with Crippen molar-refractivity contribution in [3.8, 4) is 17.1 Å². The SMILES string of the molecule is COc1nc2ccccc2cc1-c1cnc([C@H](CCCCCC(=O)c2ccccc2SC)NC(=O)C2CN(C)C2)[nH]1. The normalized spacial score (nSPS) is 14.5. The van der Waals surface area contributed by atoms with Gasteiger partial charge in [0.15, 0.2) is 5.78 Å². The van der Waals surface area contributed by atoms with Crippen molar-refractivity contribution in [1.29, 1.82) is 0 Å². The fourth-order valence-electron chi connectivity index (χ4n) is 5.35. The van der Waals surface area contributed by atoms with Crippen molar-refractivity contribution < 1.29 is 14.3 Å². The Morgan fingerprint density at radius 2 is 1.90 bits per heavy atom. The van der Waals surface area contributed by atoms with Gasteiger partial charge in [0.05, 0.1) is 42.0 Å². The maximum atomic E-state index is 13.0. The fourth-order valence-corrected chi connectivity index (χ4v) is 5.97. The maximum absolute atomic E-state index is 13.0. The molecule has 1 aliphatic heterocycles. The largest absolute Gasteiger partial charge is 0.480 e. The van der Waals surface area contributed by atoms with E-state index in [1.54, 1.807) is 25.1 Å². The molecule has 3 heterocycles. The van der Waals surface area contributed by atoms with Gasteiger partial charge in [-0.3, -0.25) is 9.59 Å². The van der Waals surface area contributed by atoms with E-state index in [9.17, 15) is 9.59 Å². The van der Waals surface area contributed by atoms with Crippen LogP contribution in [0.2, 0.25) is 0 Å². The van der Waals surface area contributed by atoms with Crippen LogP contribution >= 0.6 is 11.8 Å². The molecule has 1 atom stereocenters. The second-order valence-electron chi connectivity index (χ2n) is 10.6. The number of methoxy groups -OCH3 is 1. The lowest BCUT2D eigenvalue weighted by atomic mass is 9.98. The summed E-state index contributed by atoms with van der Waals surface area (Å²) in [7, 11) is 3.63. The van der Waals surface area contributed by atoms with Crippen molar-refractivity contribution >= 4 is 34.4 Å². The van der Waals surface area contributed by atoms with E-state index >= 15 is 0 Å². The monoisotopic (exact) mass is 571 g/mol. The second-order valence-corrected chi connectivity index (χ2v) is 11.5. The number of rotatable bonds is 13. The Kier molecular flexibility index (Phi) is 9.36. The van der Waals surface area contributed by atoms with Gasteiger partial charge < -0.3 is 19.9 Å². The van der Waals surface area contributed by atoms with Crippen molar-refractivity contribution in [2.24, 2.45) is 5.92 Å². The van der Waals surface area contributed by atoms with Crippen LogP contribution in [0.5, 0.6) is 5.88 Å². The lowest BCUT2D eigenvalue weighted by molar-refractivity contribution is -0.130. The average molecular weight is 572 g/mol. The molecule has 1 saturated heterocycles. The summed E-state index contributed by atoms with van der Waals surface area (Å²) in [5.41, 5.74) is 3.27. The van der Waals surface area contributed by atoms with Gasteiger partial charge in [-0.1, -0.05) is 49.2 Å². The minimum absolute atomic E-state index is 0.00385. The number of ketones is 1. The third kappa shape index (κ3) is 6.80. The summed E-state index contributed by atoms with van der Waals surface area (Å²) in [6.07, 6.45) is 7.58. The summed E-state index contributed by atoms with van der Waals surface area (Å²) in [6, 6.07) is 17.5. The molecule has 5 rings (SSSR count). The van der Waals surface area contributed by atoms with Crippen LogP contribution in [-0.4, -0.2) is 65.0 Å². The van der Waals surface area contributed by atoms with Crippen molar-refractivity contribution in [3.63, 3.8) is 0 Å². The number of Topliss-reactive ketones (excluding diaryl/α,β-unsaturated/α-hetero) is 1. The molecule has 8 nitrogen and oxygen atoms in total. The Morgan fingerprint density at radius 1 is 1.12 bits per heavy atom. The minimum Gasteiger partial charge on any atom is -0.480 e. The van der Waals surface area contributed by atoms with Gasteiger partial charge in [-0.15, -0.1) is 11.8 Å². The Balaban J connectivity index is 1.26. The van der Waals surface area contributed by atoms with Gasteiger partial charge in [0.2, 0.25) is 11.8 Å². The van der Waals surface area contributed by atoms with E-state index in [0.29, 0.717) is 18.1 Å². The Morgan fingerprint density at radius 3 is 2.68 bits per heavy atom. The third-order valence-electron chi connectivity index (χ3n) is 7.65. The lowest BCUT2D eigenvalue weighted by Crippen LogP contribution is -2.52. The fraction of sp³-hybridized carbons (Fsp3) is 0.375. The smallest absolute Gasteiger partial charge is 0.226 e. The molecule has 0 saturated carbocycles. The van der Waals surface area contributed by atoms with E-state index in [4.69, 9.17) is 4.74 Å². The van der Waals surface area contributed by atoms with Crippen LogP contribution in [0, 0.1) is 5.92 Å². The van der Waals surface area contributed by atoms with Crippen molar-refractivity contribution in [3.05, 3.63) is 72.2 Å². The summed E-state index contributed by atoms with van der Waals surface area (Å²) in [5.74, 6) is 1.46. The first-order valence-corrected chi connectivity index (χ1v) is 15.3. The highest BCUT2D eigenvalue weighted by atomic mass is 32.2. The number of pyridine rings is 1. The van der Waals surface area contributed by atoms with E-state index in [1.165, 1.54) is 0 Å². The number of likely N-dealkylation sites (tertiary alicyclic amines) is 1. The van der Waals surface area contributed by atoms with Gasteiger partial charge in [-0.25, -0.2) is 9.97 Å². The maximum Gasteiger partial charge on any atom is 0.226 e. The number of imidazole rings is 1. The van der Waals surface area contributed by atoms with Crippen LogP contribution in [0.1, 0.15) is 54.3 Å². The Hall–Kier alpha value is -3.69. The van der Waals surface area contributed by atoms with Crippen LogP contribution in [0.3, 0.4) is 0 Å². The number of thioether (sulfide) groups is 1. The third-order valence-corrected chi connectivity index (χ3v) is 8.45. The first-order valence-electron chi connectivity index (χ1n) is 14.1. The van der Waals surface area contributed by atoms with Crippen LogP contribution in [-0.2, 0) is 4.79 Å². The van der Waals surface area contributed by atoms with Crippen LogP contribution in [0.15, 0.2) is 65.7 Å². The standard InChI is InChI=1S/C32H37N5O3S/c1-37-19-22(20-37)31(39)35-26(14-5-4-6-15-28(38)23-12-8-10-16-29(23)41-3)30-33-18-27(34-30)24-17-21-11-7-9-13-25(21)36-32(24)40-2/h7-13,16-18,22,26H,4-6,14-15,19-20H2,1-3H3,(H,33,34)(H,35,39)/t26-/m0/s1. The number of carbonyl (C=O) groups excluding carboxylic acids is 2. The summed E-state index contributed by atoms with van der Waals surface area (Å²) < 4.78 is 5.60. The second kappa shape index (κ2) is 13.3. The van der Waals surface area contributed by atoms with Gasteiger partial charge in [-0.05, 0) is 44.3 Å². The molecule has 214 valence electrons. The van der Waals surface area contributed by atoms with E-state index in [-0.39, 0.29) is 23.7 Å². The molecule has 0 radical (unpaired) electrons. The number of nitrogens with one attached hydrogen (secondary N) is 2. The number of aromatic nitrogens is 3. The predicted octanol–water partition coefficient (Wildman–Crippen LogP) is 5.91. The van der Waals surface area contributed by atoms with Gasteiger partial charge in [0, 0.05) is 35.4 Å². The lowest BCUT2D eigenvalue weighted by Gasteiger charge is -2.35. The highest BCUT2D eigenvalue weighted by Gasteiger charge is 2.32. The molecule has 41 heavy (non-hydrogen) atoms. The topological polar surface area (TPSA) is 100 Å². The van der Waals surface area contributed by atoms with Crippen LogP contribution in [0.4, 0.5) is 0 Å². The van der Waals surface area contributed by atoms with Crippen molar-refractivity contribution in [2.45, 2.75) is 43.0 Å². The number of fused-ring (bicyclic) bond motifs is 1. The number of unbranched alkanes of at least 4 members (excludes halogenated alkanes) is 2. The van der Waals surface area contributed by atoms with E-state index in [2.05, 4.69) is 25.2 Å². The summed E-state index contributed by atoms with van der Waals surface area (Å²) >= 11 is 1.60. The minimum atomic E-state index is -0.255. The number of para-hydroxylation sites is 1. The van der Waals surface area contributed by atoms with Gasteiger partial charge in [0.1, 0.15) is 5.82 Å². The number of nitrogens with zero attached hydrogens (tertiary/aromatic N) is 3. The highest BCUT2D eigenvalue weighted by molar-refractivity contribution is 7.98. The number of benzene rings is 2. The van der Waals surface area contributed by atoms with Gasteiger partial charge in [0.25, 0.3) is 0 Å². The molecule has 0 unspecified atom stereocenters. The summed E-state index contributed by atoms with van der Waals surface area (Å²) in [5, 5.41) is 4.25. The molecular weight excluding hydrogens is 534 g/mol. The molecule has 2 aromatic carbocycles. The van der Waals surface area contributed by atoms with E-state index < -0.39 is 0 Å². The quantitative estimate of drug-likeness (QED) is 0.117. The van der Waals surface area contributed by atoms with Gasteiger partial charge in [-0.2, -0.15) is 0 Å². The zero-order valence-electron chi connectivity index (χ0n) is 23.9. The molecule has 1 aliphatic rings. The molecule has 0 aliphatic carbocycles. The highest BCUT2D eigenvalue weighted by Crippen LogP contribution is 2.32. The predicted molar refractivity (Wildman–Crippen MR) is 163 cm³/mol. The zero-order valence-corrected chi connectivity index (χ0v) is 24.7. The van der Waals surface area contributed by atoms with Gasteiger partial charge >= 0.3 is 0 Å². The molecular formula is C32H37N5O3S. The number of aromatic amines is 1. The zero-order chi connectivity index (χ0) is 28.8. The number of ether oxygens (including phenoxy) is 1. The number of hydrogen-bond acceptors (Lipinski definition) is 7. The molecule has 4 aromatic rings. The summed E-state index contributed by atoms with van der Waals surface area (Å²) in [6.45, 7) is 1.53. The van der Waals surface area contributed by atoms with E-state index in [1.807, 2.05) is 67.9 Å². The van der Waals surface area contributed by atoms with Crippen molar-refractivity contribution in [1.82, 2.24) is 25.2 Å². The van der Waals surface area contributed by atoms with Crippen LogP contribution < -0.4 is 10.1 Å². The van der Waals surface area contributed by atoms with Crippen LogP contribution in [0.25, 0.3) is 22.2 Å². The molecule has 2 aromatic heterocycles. The molecule has 1 amide bonds. The average Bonchev–Trinajstić information content (AvgIpc) is 3.48. The first kappa shape index (κ1) is 28.8. The Bertz CT molecular complexity index is 1510. The number of hydrogen-bond donors (Lipinski definition) is 2. The van der Waals surface area contributed by atoms with Crippen molar-refractivity contribution in [2.75, 3.05) is 33.5 Å². The number of H-pyrrole nitrogens is 1. The summed E-state index contributed by atoms with van der Waals surface area (Å²) in [4.78, 5) is 41.8. The molecule has 2 N–H and O–H groups in total. The Labute approximate surface area is 245 Å². The van der Waals surface area contributed by atoms with E-state index in [0.717, 1.165) is 71.4 Å². The molecule has 0 spiro atoms.